The van der Waals surface area contributed by atoms with Crippen molar-refractivity contribution in [2.45, 2.75) is 30.7 Å². The molecule has 1 aliphatic heterocycles. The summed E-state index contributed by atoms with van der Waals surface area (Å²) in [7, 11) is -3.20. The van der Waals surface area contributed by atoms with E-state index in [-0.39, 0.29) is 11.8 Å². The topological polar surface area (TPSA) is 72.2 Å². The number of rotatable bonds is 3. The molecule has 0 unspecified atom stereocenters. The van der Waals surface area contributed by atoms with E-state index < -0.39 is 9.84 Å². The van der Waals surface area contributed by atoms with Crippen molar-refractivity contribution in [2.24, 2.45) is 0 Å². The molecule has 0 aliphatic carbocycles. The zero-order valence-electron chi connectivity index (χ0n) is 10.7. The Balaban J connectivity index is 2.04. The number of benzene rings is 1. The Morgan fingerprint density at radius 2 is 2.32 bits per heavy atom. The zero-order valence-corrected chi connectivity index (χ0v) is 11.5. The predicted molar refractivity (Wildman–Crippen MR) is 71.7 cm³/mol. The van der Waals surface area contributed by atoms with E-state index in [1.54, 1.807) is 25.1 Å². The summed E-state index contributed by atoms with van der Waals surface area (Å²) in [4.78, 5) is 4.72. The number of nitrogens with zero attached hydrogens (tertiary/aromatic N) is 1. The van der Waals surface area contributed by atoms with Crippen molar-refractivity contribution in [3.63, 3.8) is 0 Å². The Hall–Kier alpha value is -1.40. The molecule has 1 aromatic heterocycles. The second kappa shape index (κ2) is 4.61. The molecule has 1 fully saturated rings. The van der Waals surface area contributed by atoms with E-state index in [2.05, 4.69) is 10.3 Å². The van der Waals surface area contributed by atoms with Gasteiger partial charge in [0, 0.05) is 0 Å². The standard InChI is InChI=1S/C13H16N2O3S/c1-2-19(16,17)9-5-6-12-11(8-9)15-13(18-12)10-4-3-7-14-10/h5-6,8,10,14H,2-4,7H2,1H3/t10-/m0/s1. The minimum absolute atomic E-state index is 0.0907. The van der Waals surface area contributed by atoms with E-state index in [0.29, 0.717) is 21.9 Å². The van der Waals surface area contributed by atoms with Crippen LogP contribution in [0.5, 0.6) is 0 Å². The third-order valence-electron chi connectivity index (χ3n) is 3.47. The van der Waals surface area contributed by atoms with Crippen molar-refractivity contribution in [3.8, 4) is 0 Å². The minimum atomic E-state index is -3.20. The Morgan fingerprint density at radius 1 is 1.47 bits per heavy atom. The number of oxazole rings is 1. The molecular weight excluding hydrogens is 264 g/mol. The predicted octanol–water partition coefficient (Wildman–Crippen LogP) is 2.05. The first-order valence-electron chi connectivity index (χ1n) is 6.47. The molecule has 0 spiro atoms. The van der Waals surface area contributed by atoms with Gasteiger partial charge in [0.2, 0.25) is 5.89 Å². The van der Waals surface area contributed by atoms with Gasteiger partial charge < -0.3 is 9.73 Å². The molecule has 0 amide bonds. The smallest absolute Gasteiger partial charge is 0.212 e. The zero-order chi connectivity index (χ0) is 13.5. The van der Waals surface area contributed by atoms with Crippen molar-refractivity contribution in [2.75, 3.05) is 12.3 Å². The summed E-state index contributed by atoms with van der Waals surface area (Å²) in [5, 5.41) is 3.32. The molecule has 1 N–H and O–H groups in total. The fraction of sp³-hybridized carbons (Fsp3) is 0.462. The third kappa shape index (κ3) is 2.26. The van der Waals surface area contributed by atoms with E-state index in [1.807, 2.05) is 0 Å². The van der Waals surface area contributed by atoms with Crippen LogP contribution in [0, 0.1) is 0 Å². The molecule has 2 aromatic rings. The van der Waals surface area contributed by atoms with Crippen molar-refractivity contribution in [1.29, 1.82) is 0 Å². The quantitative estimate of drug-likeness (QED) is 0.931. The van der Waals surface area contributed by atoms with Crippen molar-refractivity contribution < 1.29 is 12.8 Å². The van der Waals surface area contributed by atoms with Crippen LogP contribution in [0.15, 0.2) is 27.5 Å². The molecule has 1 aliphatic rings. The number of hydrogen-bond acceptors (Lipinski definition) is 5. The van der Waals surface area contributed by atoms with E-state index in [9.17, 15) is 8.42 Å². The molecule has 19 heavy (non-hydrogen) atoms. The second-order valence-corrected chi connectivity index (χ2v) is 7.01. The number of nitrogens with one attached hydrogen (secondary N) is 1. The number of sulfone groups is 1. The van der Waals surface area contributed by atoms with E-state index in [0.717, 1.165) is 19.4 Å². The highest BCUT2D eigenvalue weighted by molar-refractivity contribution is 7.91. The van der Waals surface area contributed by atoms with Crippen molar-refractivity contribution in [1.82, 2.24) is 10.3 Å². The normalized spacial score (nSPS) is 20.2. The average molecular weight is 280 g/mol. The molecule has 3 rings (SSSR count). The molecule has 5 nitrogen and oxygen atoms in total. The van der Waals surface area contributed by atoms with Gasteiger partial charge in [0.25, 0.3) is 0 Å². The summed E-state index contributed by atoms with van der Waals surface area (Å²) >= 11 is 0. The molecule has 0 radical (unpaired) electrons. The highest BCUT2D eigenvalue weighted by Gasteiger charge is 2.22. The average Bonchev–Trinajstić information content (AvgIpc) is 3.06. The largest absolute Gasteiger partial charge is 0.439 e. The van der Waals surface area contributed by atoms with Gasteiger partial charge in [0.15, 0.2) is 15.4 Å². The Morgan fingerprint density at radius 3 is 3.00 bits per heavy atom. The monoisotopic (exact) mass is 280 g/mol. The third-order valence-corrected chi connectivity index (χ3v) is 5.21. The summed E-state index contributed by atoms with van der Waals surface area (Å²) in [5.74, 6) is 0.742. The summed E-state index contributed by atoms with van der Waals surface area (Å²) in [5.41, 5.74) is 1.25. The number of aromatic nitrogens is 1. The maximum Gasteiger partial charge on any atom is 0.212 e. The fourth-order valence-electron chi connectivity index (χ4n) is 2.33. The first-order valence-corrected chi connectivity index (χ1v) is 8.12. The number of hydrogen-bond donors (Lipinski definition) is 1. The highest BCUT2D eigenvalue weighted by atomic mass is 32.2. The van der Waals surface area contributed by atoms with Crippen molar-refractivity contribution >= 4 is 20.9 Å². The first kappa shape index (κ1) is 12.6. The summed E-state index contributed by atoms with van der Waals surface area (Å²) in [6.45, 7) is 2.61. The van der Waals surface area contributed by atoms with Gasteiger partial charge in [-0.05, 0) is 37.6 Å². The van der Waals surface area contributed by atoms with Crippen LogP contribution in [-0.4, -0.2) is 25.7 Å². The molecule has 6 heteroatoms. The lowest BCUT2D eigenvalue weighted by atomic mass is 10.2. The van der Waals surface area contributed by atoms with Crippen molar-refractivity contribution in [3.05, 3.63) is 24.1 Å². The van der Waals surface area contributed by atoms with E-state index >= 15 is 0 Å². The summed E-state index contributed by atoms with van der Waals surface area (Å²) in [6, 6.07) is 5.01. The van der Waals surface area contributed by atoms with E-state index in [1.165, 1.54) is 0 Å². The summed E-state index contributed by atoms with van der Waals surface area (Å²) < 4.78 is 29.4. The number of fused-ring (bicyclic) bond motifs is 1. The van der Waals surface area contributed by atoms with Crippen LogP contribution in [0.2, 0.25) is 0 Å². The Kier molecular flexibility index (Phi) is 3.06. The van der Waals surface area contributed by atoms with Crippen LogP contribution < -0.4 is 5.32 Å². The lowest BCUT2D eigenvalue weighted by Gasteiger charge is -2.02. The van der Waals surface area contributed by atoms with Gasteiger partial charge in [-0.2, -0.15) is 0 Å². The van der Waals surface area contributed by atoms with Gasteiger partial charge in [-0.25, -0.2) is 13.4 Å². The highest BCUT2D eigenvalue weighted by Crippen LogP contribution is 2.27. The van der Waals surface area contributed by atoms with Gasteiger partial charge in [0.05, 0.1) is 16.7 Å². The minimum Gasteiger partial charge on any atom is -0.439 e. The van der Waals surface area contributed by atoms with Crippen LogP contribution in [0.1, 0.15) is 31.7 Å². The molecule has 0 bridgehead atoms. The molecule has 0 saturated carbocycles. The van der Waals surface area contributed by atoms with Crippen LogP contribution in [-0.2, 0) is 9.84 Å². The van der Waals surface area contributed by atoms with Crippen LogP contribution in [0.25, 0.3) is 11.1 Å². The van der Waals surface area contributed by atoms with Gasteiger partial charge in [-0.3, -0.25) is 0 Å². The summed E-state index contributed by atoms with van der Waals surface area (Å²) in [6.07, 6.45) is 2.12. The second-order valence-electron chi connectivity index (χ2n) is 4.73. The first-order chi connectivity index (χ1) is 9.10. The van der Waals surface area contributed by atoms with Crippen LogP contribution in [0.4, 0.5) is 0 Å². The van der Waals surface area contributed by atoms with Crippen LogP contribution >= 0.6 is 0 Å². The molecule has 1 aromatic carbocycles. The van der Waals surface area contributed by atoms with Gasteiger partial charge in [-0.15, -0.1) is 0 Å². The lowest BCUT2D eigenvalue weighted by molar-refractivity contribution is 0.452. The molecule has 1 atom stereocenters. The molecule has 1 saturated heterocycles. The Labute approximate surface area is 111 Å². The lowest BCUT2D eigenvalue weighted by Crippen LogP contribution is -2.12. The van der Waals surface area contributed by atoms with Gasteiger partial charge in [0.1, 0.15) is 5.52 Å². The SMILES string of the molecule is CCS(=O)(=O)c1ccc2oc([C@@H]3CCCN3)nc2c1. The maximum absolute atomic E-state index is 11.8. The molecular formula is C13H16N2O3S. The maximum atomic E-state index is 11.8. The Bertz CT molecular complexity index is 700. The molecule has 102 valence electrons. The molecule has 2 heterocycles. The van der Waals surface area contributed by atoms with Crippen LogP contribution in [0.3, 0.4) is 0 Å². The fourth-order valence-corrected chi connectivity index (χ4v) is 3.23. The van der Waals surface area contributed by atoms with E-state index in [4.69, 9.17) is 4.42 Å². The van der Waals surface area contributed by atoms with Gasteiger partial charge in [-0.1, -0.05) is 6.92 Å². The van der Waals surface area contributed by atoms with Gasteiger partial charge >= 0.3 is 0 Å².